The second-order valence-corrected chi connectivity index (χ2v) is 8.19. The van der Waals surface area contributed by atoms with E-state index in [9.17, 15) is 16.8 Å². The van der Waals surface area contributed by atoms with Crippen LogP contribution in [0.4, 0.5) is 0 Å². The predicted molar refractivity (Wildman–Crippen MR) is 82.2 cm³/mol. The number of fused-ring (bicyclic) bond motifs is 1. The van der Waals surface area contributed by atoms with E-state index in [0.717, 1.165) is 16.0 Å². The van der Waals surface area contributed by atoms with Crippen molar-refractivity contribution in [3.8, 4) is 5.19 Å². The Hall–Kier alpha value is -0.230. The summed E-state index contributed by atoms with van der Waals surface area (Å²) in [4.78, 5) is 4.00. The summed E-state index contributed by atoms with van der Waals surface area (Å²) in [5, 5.41) is -0.0157. The van der Waals surface area contributed by atoms with Gasteiger partial charge in [0.2, 0.25) is 0 Å². The molecule has 0 spiro atoms. The van der Waals surface area contributed by atoms with Gasteiger partial charge in [-0.3, -0.25) is 4.55 Å². The topological polar surface area (TPSA) is 111 Å². The molecule has 0 saturated carbocycles. The van der Waals surface area contributed by atoms with E-state index in [0.29, 0.717) is 5.52 Å². The normalized spacial score (nSPS) is 12.0. The number of rotatable bonds is 6. The molecule has 0 radical (unpaired) electrons. The zero-order valence-electron chi connectivity index (χ0n) is 10.1. The molecule has 0 unspecified atom stereocenters. The van der Waals surface area contributed by atoms with Gasteiger partial charge >= 0.3 is 39.7 Å². The molecule has 0 aliphatic heterocycles. The predicted octanol–water partition coefficient (Wildman–Crippen LogP) is 0.634. The van der Waals surface area contributed by atoms with E-state index in [1.807, 2.05) is 0 Å². The second-order valence-electron chi connectivity index (χ2n) is 3.93. The van der Waals surface area contributed by atoms with Gasteiger partial charge in [0, 0.05) is 0 Å². The zero-order valence-corrected chi connectivity index (χ0v) is 12.5. The summed E-state index contributed by atoms with van der Waals surface area (Å²) in [6.07, 6.45) is -0.244. The number of benzene rings is 1. The van der Waals surface area contributed by atoms with Gasteiger partial charge in [-0.25, -0.2) is 4.98 Å². The van der Waals surface area contributed by atoms with Crippen molar-refractivity contribution < 1.29 is 25.6 Å². The standard InChI is InChI=1S/C10H11NO6S3.Na.H/c12-19(13,14)6-3-7-20(15,16)17-10-11-8-4-1-2-5-9(8)18-10;;/h1-2,4-5H,3,6-7H2,(H,12,13,14);;. The Bertz CT molecular complexity index is 781. The molecular weight excluding hydrogens is 349 g/mol. The van der Waals surface area contributed by atoms with E-state index in [1.54, 1.807) is 24.3 Å². The Morgan fingerprint density at radius 1 is 1.14 bits per heavy atom. The first-order chi connectivity index (χ1) is 9.25. The van der Waals surface area contributed by atoms with Crippen molar-refractivity contribution in [1.29, 1.82) is 0 Å². The fourth-order valence-electron chi connectivity index (χ4n) is 1.46. The molecule has 1 aromatic heterocycles. The van der Waals surface area contributed by atoms with Crippen LogP contribution in [-0.4, -0.2) is 67.4 Å². The van der Waals surface area contributed by atoms with Crippen LogP contribution >= 0.6 is 11.3 Å². The van der Waals surface area contributed by atoms with Gasteiger partial charge in [-0.1, -0.05) is 23.5 Å². The Morgan fingerprint density at radius 3 is 2.43 bits per heavy atom. The molecule has 0 atom stereocenters. The van der Waals surface area contributed by atoms with Crippen LogP contribution < -0.4 is 4.18 Å². The third-order valence-electron chi connectivity index (χ3n) is 2.27. The third kappa shape index (κ3) is 6.19. The third-order valence-corrected chi connectivity index (χ3v) is 5.29. The first kappa shape index (κ1) is 18.8. The minimum atomic E-state index is -4.17. The molecule has 1 N–H and O–H groups in total. The molecule has 112 valence electrons. The summed E-state index contributed by atoms with van der Waals surface area (Å²) < 4.78 is 58.4. The Morgan fingerprint density at radius 2 is 1.81 bits per heavy atom. The van der Waals surface area contributed by atoms with E-state index in [-0.39, 0.29) is 41.2 Å². The second kappa shape index (κ2) is 7.36. The maximum atomic E-state index is 11.6. The van der Waals surface area contributed by atoms with Crippen LogP contribution in [0.15, 0.2) is 24.3 Å². The summed E-state index contributed by atoms with van der Waals surface area (Å²) in [5.74, 6) is -1.14. The van der Waals surface area contributed by atoms with Crippen LogP contribution in [0.3, 0.4) is 0 Å². The van der Waals surface area contributed by atoms with Crippen LogP contribution in [0.1, 0.15) is 6.42 Å². The molecule has 2 rings (SSSR count). The van der Waals surface area contributed by atoms with Gasteiger partial charge in [0.15, 0.2) is 0 Å². The molecule has 11 heteroatoms. The number of para-hydroxylation sites is 1. The number of thiazole rings is 1. The summed E-state index contributed by atoms with van der Waals surface area (Å²) >= 11 is 1.08. The van der Waals surface area contributed by atoms with Crippen molar-refractivity contribution in [2.75, 3.05) is 11.5 Å². The molecule has 0 aliphatic carbocycles. The fraction of sp³-hybridized carbons (Fsp3) is 0.300. The van der Waals surface area contributed by atoms with Gasteiger partial charge in [0.05, 0.1) is 21.7 Å². The van der Waals surface area contributed by atoms with E-state index in [1.165, 1.54) is 0 Å². The summed E-state index contributed by atoms with van der Waals surface area (Å²) in [5.41, 5.74) is 0.626. The Labute approximate surface area is 148 Å². The van der Waals surface area contributed by atoms with Crippen LogP contribution in [0.25, 0.3) is 10.2 Å². The monoisotopic (exact) mass is 361 g/mol. The first-order valence-electron chi connectivity index (χ1n) is 5.48. The van der Waals surface area contributed by atoms with Crippen LogP contribution in [0, 0.1) is 0 Å². The van der Waals surface area contributed by atoms with Gasteiger partial charge in [0.1, 0.15) is 0 Å². The quantitative estimate of drug-likeness (QED) is 0.456. The van der Waals surface area contributed by atoms with Crippen molar-refractivity contribution in [3.63, 3.8) is 0 Å². The van der Waals surface area contributed by atoms with E-state index in [4.69, 9.17) is 8.74 Å². The van der Waals surface area contributed by atoms with Crippen molar-refractivity contribution in [2.24, 2.45) is 0 Å². The Kier molecular flexibility index (Phi) is 6.59. The molecule has 1 heterocycles. The van der Waals surface area contributed by atoms with Crippen molar-refractivity contribution in [1.82, 2.24) is 4.98 Å². The van der Waals surface area contributed by atoms with Gasteiger partial charge in [-0.15, -0.1) is 0 Å². The molecule has 0 fully saturated rings. The average Bonchev–Trinajstić information content (AvgIpc) is 2.67. The van der Waals surface area contributed by atoms with Crippen LogP contribution in [0.2, 0.25) is 0 Å². The maximum absolute atomic E-state index is 11.6. The van der Waals surface area contributed by atoms with Crippen molar-refractivity contribution in [3.05, 3.63) is 24.3 Å². The number of nitrogens with zero attached hydrogens (tertiary/aromatic N) is 1. The Balaban J connectivity index is 0.00000220. The molecule has 0 aliphatic rings. The van der Waals surface area contributed by atoms with Gasteiger partial charge in [0.25, 0.3) is 15.3 Å². The minimum absolute atomic E-state index is 0. The van der Waals surface area contributed by atoms with E-state index >= 15 is 0 Å². The molecule has 21 heavy (non-hydrogen) atoms. The molecule has 0 amide bonds. The summed E-state index contributed by atoms with van der Waals surface area (Å²) in [6, 6.07) is 7.08. The van der Waals surface area contributed by atoms with Gasteiger partial charge < -0.3 is 4.18 Å². The summed E-state index contributed by atoms with van der Waals surface area (Å²) in [6.45, 7) is 0. The average molecular weight is 361 g/mol. The summed E-state index contributed by atoms with van der Waals surface area (Å²) in [7, 11) is -8.11. The van der Waals surface area contributed by atoms with Crippen molar-refractivity contribution in [2.45, 2.75) is 6.42 Å². The SMILES string of the molecule is O=S(=O)(O)CCCS(=O)(=O)Oc1nc2ccccc2s1.[NaH]. The van der Waals surface area contributed by atoms with Gasteiger partial charge in [-0.2, -0.15) is 16.8 Å². The molecule has 1 aromatic carbocycles. The fourth-order valence-corrected chi connectivity index (χ4v) is 4.13. The molecule has 2 aromatic rings. The van der Waals surface area contributed by atoms with E-state index < -0.39 is 31.7 Å². The molecule has 7 nitrogen and oxygen atoms in total. The number of hydrogen-bond acceptors (Lipinski definition) is 7. The number of hydrogen-bond donors (Lipinski definition) is 1. The molecular formula is C10H12NNaO6S3. The van der Waals surface area contributed by atoms with Crippen LogP contribution in [0.5, 0.6) is 5.19 Å². The molecule has 0 saturated heterocycles. The van der Waals surface area contributed by atoms with Crippen molar-refractivity contribution >= 4 is 71.3 Å². The van der Waals surface area contributed by atoms with Gasteiger partial charge in [-0.05, 0) is 18.6 Å². The van der Waals surface area contributed by atoms with E-state index in [2.05, 4.69) is 4.98 Å². The first-order valence-corrected chi connectivity index (χ1v) is 9.48. The number of aromatic nitrogens is 1. The zero-order chi connectivity index (χ0) is 14.8. The molecule has 0 bridgehead atoms. The van der Waals surface area contributed by atoms with Crippen LogP contribution in [-0.2, 0) is 20.2 Å².